The predicted octanol–water partition coefficient (Wildman–Crippen LogP) is 3.18. The molecule has 0 saturated carbocycles. The molecule has 2 atom stereocenters. The van der Waals surface area contributed by atoms with Crippen LogP contribution in [0.15, 0.2) is 22.7 Å². The lowest BCUT2D eigenvalue weighted by Crippen LogP contribution is -2.29. The average molecular weight is 284 g/mol. The third kappa shape index (κ3) is 2.65. The Balaban J connectivity index is 2.15. The minimum atomic E-state index is 0.0790. The zero-order valence-electron chi connectivity index (χ0n) is 9.58. The van der Waals surface area contributed by atoms with Crippen molar-refractivity contribution in [1.29, 1.82) is 0 Å². The lowest BCUT2D eigenvalue weighted by Gasteiger charge is -2.28. The second-order valence-electron chi connectivity index (χ2n) is 4.53. The molecule has 0 aromatic heterocycles. The molecule has 0 radical (unpaired) electrons. The molecule has 0 amide bonds. The highest BCUT2D eigenvalue weighted by atomic mass is 79.9. The second kappa shape index (κ2) is 5.30. The first-order valence-electron chi connectivity index (χ1n) is 5.78. The lowest BCUT2D eigenvalue weighted by molar-refractivity contribution is 0.0447. The normalized spacial score (nSPS) is 23.1. The van der Waals surface area contributed by atoms with E-state index in [1.807, 2.05) is 0 Å². The van der Waals surface area contributed by atoms with Crippen LogP contribution < -0.4 is 5.73 Å². The summed E-state index contributed by atoms with van der Waals surface area (Å²) < 4.78 is 6.61. The van der Waals surface area contributed by atoms with E-state index >= 15 is 0 Å². The van der Waals surface area contributed by atoms with Gasteiger partial charge in [-0.1, -0.05) is 28.1 Å². The van der Waals surface area contributed by atoms with Crippen LogP contribution in [0.2, 0.25) is 0 Å². The molecule has 1 aromatic carbocycles. The second-order valence-corrected chi connectivity index (χ2v) is 5.38. The SMILES string of the molecule is Cc1ccc(C(N)C2CCCOC2)c(Br)c1. The molecule has 0 spiro atoms. The Morgan fingerprint density at radius 3 is 2.94 bits per heavy atom. The van der Waals surface area contributed by atoms with Gasteiger partial charge < -0.3 is 10.5 Å². The van der Waals surface area contributed by atoms with Gasteiger partial charge in [0.2, 0.25) is 0 Å². The highest BCUT2D eigenvalue weighted by molar-refractivity contribution is 9.10. The van der Waals surface area contributed by atoms with Crippen LogP contribution in [0.3, 0.4) is 0 Å². The van der Waals surface area contributed by atoms with Gasteiger partial charge >= 0.3 is 0 Å². The summed E-state index contributed by atoms with van der Waals surface area (Å²) in [4.78, 5) is 0. The summed E-state index contributed by atoms with van der Waals surface area (Å²) in [5.41, 5.74) is 8.76. The minimum absolute atomic E-state index is 0.0790. The molecular weight excluding hydrogens is 266 g/mol. The Kier molecular flexibility index (Phi) is 4.00. The third-order valence-corrected chi connectivity index (χ3v) is 3.91. The summed E-state index contributed by atoms with van der Waals surface area (Å²) in [5, 5.41) is 0. The van der Waals surface area contributed by atoms with Crippen molar-refractivity contribution in [2.45, 2.75) is 25.8 Å². The van der Waals surface area contributed by atoms with Gasteiger partial charge in [0, 0.05) is 23.0 Å². The number of aryl methyl sites for hydroxylation is 1. The van der Waals surface area contributed by atoms with Crippen molar-refractivity contribution in [3.05, 3.63) is 33.8 Å². The van der Waals surface area contributed by atoms with Crippen LogP contribution in [0.4, 0.5) is 0 Å². The van der Waals surface area contributed by atoms with Crippen molar-refractivity contribution < 1.29 is 4.74 Å². The van der Waals surface area contributed by atoms with Gasteiger partial charge in [-0.15, -0.1) is 0 Å². The highest BCUT2D eigenvalue weighted by Crippen LogP contribution is 2.31. The zero-order chi connectivity index (χ0) is 11.5. The van der Waals surface area contributed by atoms with E-state index in [1.54, 1.807) is 0 Å². The standard InChI is InChI=1S/C13H18BrNO/c1-9-4-5-11(12(14)7-9)13(15)10-3-2-6-16-8-10/h4-5,7,10,13H,2-3,6,8,15H2,1H3. The first-order valence-corrected chi connectivity index (χ1v) is 6.57. The van der Waals surface area contributed by atoms with Crippen LogP contribution in [0.1, 0.15) is 30.0 Å². The maximum atomic E-state index is 6.31. The molecule has 16 heavy (non-hydrogen) atoms. The predicted molar refractivity (Wildman–Crippen MR) is 69.4 cm³/mol. The Morgan fingerprint density at radius 2 is 2.31 bits per heavy atom. The molecule has 1 aromatic rings. The molecular formula is C13H18BrNO. The van der Waals surface area contributed by atoms with Gasteiger partial charge in [0.15, 0.2) is 0 Å². The van der Waals surface area contributed by atoms with E-state index in [2.05, 4.69) is 41.1 Å². The van der Waals surface area contributed by atoms with Crippen LogP contribution >= 0.6 is 15.9 Å². The van der Waals surface area contributed by atoms with Crippen LogP contribution in [-0.4, -0.2) is 13.2 Å². The van der Waals surface area contributed by atoms with Gasteiger partial charge in [-0.3, -0.25) is 0 Å². The van der Waals surface area contributed by atoms with Crippen molar-refractivity contribution in [2.75, 3.05) is 13.2 Å². The summed E-state index contributed by atoms with van der Waals surface area (Å²) in [6.07, 6.45) is 2.29. The van der Waals surface area contributed by atoms with Gasteiger partial charge in [0.05, 0.1) is 6.61 Å². The van der Waals surface area contributed by atoms with Gasteiger partial charge in [-0.05, 0) is 37.0 Å². The number of hydrogen-bond acceptors (Lipinski definition) is 2. The summed E-state index contributed by atoms with van der Waals surface area (Å²) in [5.74, 6) is 0.452. The van der Waals surface area contributed by atoms with Crippen LogP contribution in [0, 0.1) is 12.8 Å². The number of hydrogen-bond donors (Lipinski definition) is 1. The van der Waals surface area contributed by atoms with Gasteiger partial charge in [-0.25, -0.2) is 0 Å². The molecule has 1 heterocycles. The van der Waals surface area contributed by atoms with E-state index < -0.39 is 0 Å². The molecule has 3 heteroatoms. The Morgan fingerprint density at radius 1 is 1.50 bits per heavy atom. The molecule has 1 aliphatic rings. The maximum Gasteiger partial charge on any atom is 0.0512 e. The molecule has 2 unspecified atom stereocenters. The lowest BCUT2D eigenvalue weighted by atomic mass is 9.89. The minimum Gasteiger partial charge on any atom is -0.381 e. The number of halogens is 1. The largest absolute Gasteiger partial charge is 0.381 e. The van der Waals surface area contributed by atoms with Crippen LogP contribution in [0.25, 0.3) is 0 Å². The van der Waals surface area contributed by atoms with E-state index in [1.165, 1.54) is 17.5 Å². The van der Waals surface area contributed by atoms with Gasteiger partial charge in [0.25, 0.3) is 0 Å². The number of rotatable bonds is 2. The Hall–Kier alpha value is -0.380. The number of nitrogens with two attached hydrogens (primary N) is 1. The monoisotopic (exact) mass is 283 g/mol. The molecule has 2 rings (SSSR count). The molecule has 1 aliphatic heterocycles. The first-order chi connectivity index (χ1) is 7.68. The third-order valence-electron chi connectivity index (χ3n) is 3.22. The summed E-state index contributed by atoms with van der Waals surface area (Å²) in [7, 11) is 0. The van der Waals surface area contributed by atoms with E-state index in [0.29, 0.717) is 5.92 Å². The van der Waals surface area contributed by atoms with Gasteiger partial charge in [0.1, 0.15) is 0 Å². The van der Waals surface area contributed by atoms with E-state index in [-0.39, 0.29) is 6.04 Å². The molecule has 0 bridgehead atoms. The molecule has 1 saturated heterocycles. The molecule has 2 nitrogen and oxygen atoms in total. The fourth-order valence-electron chi connectivity index (χ4n) is 2.21. The van der Waals surface area contributed by atoms with E-state index in [9.17, 15) is 0 Å². The quantitative estimate of drug-likeness (QED) is 0.905. The first kappa shape index (κ1) is 12.1. The molecule has 0 aliphatic carbocycles. The topological polar surface area (TPSA) is 35.2 Å². The average Bonchev–Trinajstić information content (AvgIpc) is 2.29. The van der Waals surface area contributed by atoms with E-state index in [4.69, 9.17) is 10.5 Å². The Labute approximate surface area is 105 Å². The van der Waals surface area contributed by atoms with Crippen molar-refractivity contribution in [2.24, 2.45) is 11.7 Å². The zero-order valence-corrected chi connectivity index (χ0v) is 11.2. The fourth-order valence-corrected chi connectivity index (χ4v) is 2.96. The number of ether oxygens (including phenoxy) is 1. The van der Waals surface area contributed by atoms with Gasteiger partial charge in [-0.2, -0.15) is 0 Å². The van der Waals surface area contributed by atoms with E-state index in [0.717, 1.165) is 24.1 Å². The highest BCUT2D eigenvalue weighted by Gasteiger charge is 2.23. The smallest absolute Gasteiger partial charge is 0.0512 e. The molecule has 1 fully saturated rings. The van der Waals surface area contributed by atoms with Crippen molar-refractivity contribution in [3.8, 4) is 0 Å². The van der Waals surface area contributed by atoms with Crippen molar-refractivity contribution >= 4 is 15.9 Å². The molecule has 88 valence electrons. The maximum absolute atomic E-state index is 6.31. The summed E-state index contributed by atoms with van der Waals surface area (Å²) >= 11 is 3.59. The Bertz CT molecular complexity index is 361. The number of benzene rings is 1. The van der Waals surface area contributed by atoms with Crippen LogP contribution in [-0.2, 0) is 4.74 Å². The molecule has 2 N–H and O–H groups in total. The fraction of sp³-hybridized carbons (Fsp3) is 0.538. The van der Waals surface area contributed by atoms with Crippen molar-refractivity contribution in [1.82, 2.24) is 0 Å². The van der Waals surface area contributed by atoms with Crippen molar-refractivity contribution in [3.63, 3.8) is 0 Å². The summed E-state index contributed by atoms with van der Waals surface area (Å²) in [6.45, 7) is 3.77. The van der Waals surface area contributed by atoms with Crippen LogP contribution in [0.5, 0.6) is 0 Å². The summed E-state index contributed by atoms with van der Waals surface area (Å²) in [6, 6.07) is 6.44.